The van der Waals surface area contributed by atoms with Gasteiger partial charge in [0, 0.05) is 29.7 Å². The number of hydrogen-bond donors (Lipinski definition) is 2. The molecule has 1 aliphatic rings. The summed E-state index contributed by atoms with van der Waals surface area (Å²) in [6.45, 7) is 5.36. The summed E-state index contributed by atoms with van der Waals surface area (Å²) in [5.74, 6) is 2.36. The van der Waals surface area contributed by atoms with Crippen molar-refractivity contribution in [1.82, 2.24) is 9.97 Å². The van der Waals surface area contributed by atoms with Crippen LogP contribution in [-0.2, 0) is 10.9 Å². The lowest BCUT2D eigenvalue weighted by Crippen LogP contribution is -2.13. The molecule has 2 atom stereocenters. The van der Waals surface area contributed by atoms with Gasteiger partial charge in [0.05, 0.1) is 37.4 Å². The van der Waals surface area contributed by atoms with Crippen molar-refractivity contribution in [3.8, 4) is 11.5 Å². The van der Waals surface area contributed by atoms with Crippen molar-refractivity contribution in [2.24, 2.45) is 5.92 Å². The van der Waals surface area contributed by atoms with Crippen LogP contribution in [0.3, 0.4) is 0 Å². The van der Waals surface area contributed by atoms with Gasteiger partial charge >= 0.3 is 6.18 Å². The van der Waals surface area contributed by atoms with Gasteiger partial charge in [-0.1, -0.05) is 0 Å². The molecule has 0 amide bonds. The fourth-order valence-corrected chi connectivity index (χ4v) is 3.94. The second-order valence-corrected chi connectivity index (χ2v) is 8.43. The van der Waals surface area contributed by atoms with Crippen molar-refractivity contribution in [3.63, 3.8) is 0 Å². The van der Waals surface area contributed by atoms with Gasteiger partial charge in [0.25, 0.3) is 0 Å². The van der Waals surface area contributed by atoms with E-state index in [1.54, 1.807) is 33.1 Å². The van der Waals surface area contributed by atoms with Crippen molar-refractivity contribution >= 4 is 22.4 Å². The zero-order valence-corrected chi connectivity index (χ0v) is 19.2. The Kier molecular flexibility index (Phi) is 6.70. The third-order valence-electron chi connectivity index (χ3n) is 5.75. The largest absolute Gasteiger partial charge is 0.493 e. The van der Waals surface area contributed by atoms with E-state index in [-0.39, 0.29) is 5.69 Å². The lowest BCUT2D eigenvalue weighted by Gasteiger charge is -2.20. The van der Waals surface area contributed by atoms with E-state index < -0.39 is 17.8 Å². The first kappa shape index (κ1) is 23.9. The number of nitrogens with two attached hydrogens (primary N) is 1. The van der Waals surface area contributed by atoms with Crippen molar-refractivity contribution < 1.29 is 27.4 Å². The minimum absolute atomic E-state index is 0.0403. The number of nitrogens with zero attached hydrogens (tertiary/aromatic N) is 2. The topological polar surface area (TPSA) is 91.5 Å². The smallest absolute Gasteiger partial charge is 0.416 e. The van der Waals surface area contributed by atoms with E-state index in [2.05, 4.69) is 15.3 Å². The Hall–Kier alpha value is -3.27. The summed E-state index contributed by atoms with van der Waals surface area (Å²) >= 11 is 0. The molecular formula is C24H27F3N4O3. The average molecular weight is 476 g/mol. The molecule has 0 spiro atoms. The maximum atomic E-state index is 13.3. The van der Waals surface area contributed by atoms with Crippen LogP contribution < -0.4 is 20.5 Å². The molecule has 0 saturated carbocycles. The number of aromatic nitrogens is 2. The van der Waals surface area contributed by atoms with E-state index in [0.29, 0.717) is 58.7 Å². The average Bonchev–Trinajstić information content (AvgIpc) is 3.29. The minimum atomic E-state index is -4.49. The molecular weight excluding hydrogens is 449 g/mol. The first-order chi connectivity index (χ1) is 16.1. The van der Waals surface area contributed by atoms with E-state index in [1.807, 2.05) is 0 Å². The fraction of sp³-hybridized carbons (Fsp3) is 0.417. The molecule has 4 rings (SSSR count). The Balaban J connectivity index is 1.67. The molecule has 10 heteroatoms. The molecule has 2 aromatic carbocycles. The van der Waals surface area contributed by atoms with E-state index in [4.69, 9.17) is 19.9 Å². The molecule has 0 aliphatic carbocycles. The second-order valence-electron chi connectivity index (χ2n) is 8.43. The predicted octanol–water partition coefficient (Wildman–Crippen LogP) is 5.14. The monoisotopic (exact) mass is 476 g/mol. The van der Waals surface area contributed by atoms with Gasteiger partial charge in [0.15, 0.2) is 11.5 Å². The number of anilines is 2. The minimum Gasteiger partial charge on any atom is -0.493 e. The second kappa shape index (κ2) is 9.54. The zero-order valence-electron chi connectivity index (χ0n) is 19.2. The van der Waals surface area contributed by atoms with Crippen LogP contribution in [0.25, 0.3) is 10.9 Å². The number of nitrogens with one attached hydrogen (secondary N) is 1. The highest BCUT2D eigenvalue weighted by Crippen LogP contribution is 2.37. The number of hydrogen-bond acceptors (Lipinski definition) is 7. The maximum absolute atomic E-state index is 13.3. The van der Waals surface area contributed by atoms with Crippen LogP contribution >= 0.6 is 0 Å². The summed E-state index contributed by atoms with van der Waals surface area (Å²) in [4.78, 5) is 8.99. The van der Waals surface area contributed by atoms with Crippen LogP contribution in [0.4, 0.5) is 24.7 Å². The molecule has 0 bridgehead atoms. The first-order valence-electron chi connectivity index (χ1n) is 10.9. The van der Waals surface area contributed by atoms with Gasteiger partial charge in [-0.2, -0.15) is 13.2 Å². The third-order valence-corrected chi connectivity index (χ3v) is 5.75. The summed E-state index contributed by atoms with van der Waals surface area (Å²) in [7, 11) is 1.56. The highest BCUT2D eigenvalue weighted by Gasteiger charge is 2.31. The maximum Gasteiger partial charge on any atom is 0.416 e. The van der Waals surface area contributed by atoms with Crippen molar-refractivity contribution in [1.29, 1.82) is 0 Å². The summed E-state index contributed by atoms with van der Waals surface area (Å²) in [5, 5.41) is 3.88. The van der Waals surface area contributed by atoms with E-state index in [1.165, 1.54) is 6.07 Å². The van der Waals surface area contributed by atoms with Gasteiger partial charge in [0.2, 0.25) is 0 Å². The van der Waals surface area contributed by atoms with Crippen LogP contribution in [0.1, 0.15) is 36.3 Å². The van der Waals surface area contributed by atoms with Crippen LogP contribution in [-0.4, -0.2) is 36.9 Å². The van der Waals surface area contributed by atoms with Gasteiger partial charge < -0.3 is 25.3 Å². The number of methoxy groups -OCH3 is 1. The summed E-state index contributed by atoms with van der Waals surface area (Å²) in [6, 6.07) is 6.58. The Labute approximate surface area is 195 Å². The molecule has 182 valence electrons. The van der Waals surface area contributed by atoms with Gasteiger partial charge in [0.1, 0.15) is 11.6 Å². The Morgan fingerprint density at radius 3 is 2.65 bits per heavy atom. The zero-order chi connectivity index (χ0) is 24.5. The number of aryl methyl sites for hydroxylation is 1. The van der Waals surface area contributed by atoms with E-state index in [9.17, 15) is 13.2 Å². The summed E-state index contributed by atoms with van der Waals surface area (Å²) in [6.07, 6.45) is -3.56. The molecule has 3 N–H and O–H groups in total. The molecule has 7 nitrogen and oxygen atoms in total. The number of halogens is 3. The Morgan fingerprint density at radius 2 is 1.97 bits per heavy atom. The van der Waals surface area contributed by atoms with Crippen LogP contribution in [0.2, 0.25) is 0 Å². The van der Waals surface area contributed by atoms with Gasteiger partial charge in [-0.05, 0) is 50.1 Å². The summed E-state index contributed by atoms with van der Waals surface area (Å²) in [5.41, 5.74) is 6.01. The van der Waals surface area contributed by atoms with E-state index in [0.717, 1.165) is 25.2 Å². The Morgan fingerprint density at radius 1 is 1.18 bits per heavy atom. The fourth-order valence-electron chi connectivity index (χ4n) is 3.94. The molecule has 1 aliphatic heterocycles. The number of rotatable bonds is 7. The van der Waals surface area contributed by atoms with E-state index >= 15 is 0 Å². The quantitative estimate of drug-likeness (QED) is 0.457. The molecule has 1 fully saturated rings. The number of benzene rings is 2. The van der Waals surface area contributed by atoms with Crippen LogP contribution in [0.5, 0.6) is 11.5 Å². The van der Waals surface area contributed by atoms with Gasteiger partial charge in [-0.3, -0.25) is 0 Å². The lowest BCUT2D eigenvalue weighted by molar-refractivity contribution is -0.137. The van der Waals surface area contributed by atoms with Crippen molar-refractivity contribution in [2.45, 2.75) is 32.5 Å². The number of ether oxygens (including phenoxy) is 3. The molecule has 34 heavy (non-hydrogen) atoms. The first-order valence-corrected chi connectivity index (χ1v) is 10.9. The highest BCUT2D eigenvalue weighted by atomic mass is 19.4. The lowest BCUT2D eigenvalue weighted by atomic mass is 10.0. The van der Waals surface area contributed by atoms with Gasteiger partial charge in [-0.15, -0.1) is 0 Å². The normalized spacial score (nSPS) is 17.1. The van der Waals surface area contributed by atoms with Crippen LogP contribution in [0, 0.1) is 12.8 Å². The highest BCUT2D eigenvalue weighted by molar-refractivity contribution is 5.92. The number of nitrogen functional groups attached to an aromatic ring is 1. The molecule has 0 radical (unpaired) electrons. The molecule has 3 aromatic rings. The predicted molar refractivity (Wildman–Crippen MR) is 123 cm³/mol. The SMILES string of the molecule is COc1cc2nc(C)nc(N[C@H](C)c3cc(N)cc(C(F)(F)F)c3)c2cc1OC[C@@H]1CCOC1. The molecule has 0 unspecified atom stereocenters. The Bertz CT molecular complexity index is 1180. The van der Waals surface area contributed by atoms with Crippen LogP contribution in [0.15, 0.2) is 30.3 Å². The molecule has 1 saturated heterocycles. The van der Waals surface area contributed by atoms with Gasteiger partial charge in [-0.25, -0.2) is 9.97 Å². The molecule has 1 aromatic heterocycles. The van der Waals surface area contributed by atoms with Crippen molar-refractivity contribution in [3.05, 3.63) is 47.3 Å². The summed E-state index contributed by atoms with van der Waals surface area (Å²) < 4.78 is 56.7. The number of alkyl halides is 3. The third kappa shape index (κ3) is 5.27. The standard InChI is InChI=1S/C24H27F3N4O3/c1-13(16-6-17(24(25,26)27)8-18(28)7-16)29-23-19-9-22(34-12-15-4-5-33-11-15)21(32-3)10-20(19)30-14(2)31-23/h6-10,13,15H,4-5,11-12,28H2,1-3H3,(H,29,30,31)/t13-,15-/m1/s1. The number of fused-ring (bicyclic) bond motifs is 1. The van der Waals surface area contributed by atoms with Crippen molar-refractivity contribution in [2.75, 3.05) is 38.0 Å². The molecule has 2 heterocycles.